The Balaban J connectivity index is 2.61. The molecule has 100 valence electrons. The zero-order valence-corrected chi connectivity index (χ0v) is 14.0. The highest BCUT2D eigenvalue weighted by Crippen LogP contribution is 2.28. The first-order chi connectivity index (χ1) is 9.02. The van der Waals surface area contributed by atoms with Crippen LogP contribution in [0.25, 0.3) is 11.4 Å². The molecule has 2 aromatic rings. The second-order valence-electron chi connectivity index (χ2n) is 4.51. The van der Waals surface area contributed by atoms with Gasteiger partial charge in [-0.2, -0.15) is 0 Å². The molecule has 0 saturated heterocycles. The number of anilines is 1. The topological polar surface area (TPSA) is 37.8 Å². The minimum Gasteiger partial charge on any atom is -0.372 e. The summed E-state index contributed by atoms with van der Waals surface area (Å²) in [5.41, 5.74) is 1.98. The maximum Gasteiger partial charge on any atom is 0.161 e. The maximum atomic E-state index is 6.03. The molecule has 0 aliphatic carbocycles. The van der Waals surface area contributed by atoms with E-state index in [-0.39, 0.29) is 0 Å². The predicted molar refractivity (Wildman–Crippen MR) is 88.8 cm³/mol. The summed E-state index contributed by atoms with van der Waals surface area (Å²) < 4.78 is 1.07. The van der Waals surface area contributed by atoms with E-state index in [1.54, 1.807) is 0 Å². The molecule has 0 aliphatic heterocycles. The van der Waals surface area contributed by atoms with Gasteiger partial charge in [-0.15, -0.1) is 0 Å². The average Bonchev–Trinajstić information content (AvgIpc) is 2.38. The van der Waals surface area contributed by atoms with Gasteiger partial charge in [-0.3, -0.25) is 0 Å². The second-order valence-corrected chi connectivity index (χ2v) is 6.03. The molecule has 0 atom stereocenters. The van der Waals surface area contributed by atoms with Crippen molar-refractivity contribution in [3.8, 4) is 11.4 Å². The van der Waals surface area contributed by atoms with Gasteiger partial charge in [-0.25, -0.2) is 9.97 Å². The third-order valence-corrected chi connectivity index (χ3v) is 4.04. The van der Waals surface area contributed by atoms with E-state index >= 15 is 0 Å². The fraction of sp³-hybridized carbons (Fsp3) is 0.286. The molecule has 19 heavy (non-hydrogen) atoms. The predicted octanol–water partition coefficient (Wildman–Crippen LogP) is 4.57. The third-order valence-electron chi connectivity index (χ3n) is 2.74. The van der Waals surface area contributed by atoms with Crippen LogP contribution < -0.4 is 5.32 Å². The van der Waals surface area contributed by atoms with Crippen LogP contribution in [0.2, 0.25) is 5.02 Å². The highest BCUT2D eigenvalue weighted by molar-refractivity contribution is 14.1. The lowest BCUT2D eigenvalue weighted by Gasteiger charge is -2.13. The summed E-state index contributed by atoms with van der Waals surface area (Å²) >= 11 is 8.31. The van der Waals surface area contributed by atoms with Crippen molar-refractivity contribution in [3.63, 3.8) is 0 Å². The molecule has 2 rings (SSSR count). The van der Waals surface area contributed by atoms with Crippen LogP contribution in [0.1, 0.15) is 25.5 Å². The van der Waals surface area contributed by atoms with Crippen molar-refractivity contribution in [2.24, 2.45) is 0 Å². The maximum absolute atomic E-state index is 6.03. The second kappa shape index (κ2) is 6.05. The Hall–Kier alpha value is -0.880. The van der Waals surface area contributed by atoms with Gasteiger partial charge in [-0.05, 0) is 40.6 Å². The molecule has 0 saturated carbocycles. The summed E-state index contributed by atoms with van der Waals surface area (Å²) in [5, 5.41) is 3.82. The van der Waals surface area contributed by atoms with Gasteiger partial charge in [0.2, 0.25) is 0 Å². The highest BCUT2D eigenvalue weighted by atomic mass is 127. The van der Waals surface area contributed by atoms with Gasteiger partial charge >= 0.3 is 0 Å². The van der Waals surface area contributed by atoms with Crippen molar-refractivity contribution in [2.45, 2.75) is 19.8 Å². The van der Waals surface area contributed by atoms with Gasteiger partial charge in [0.15, 0.2) is 5.82 Å². The van der Waals surface area contributed by atoms with Crippen molar-refractivity contribution < 1.29 is 0 Å². The van der Waals surface area contributed by atoms with Crippen LogP contribution in [0.5, 0.6) is 0 Å². The summed E-state index contributed by atoms with van der Waals surface area (Å²) in [7, 11) is 1.87. The third kappa shape index (κ3) is 3.17. The van der Waals surface area contributed by atoms with E-state index in [9.17, 15) is 0 Å². The number of hydrogen-bond donors (Lipinski definition) is 1. The molecular formula is C14H15ClIN3. The number of rotatable bonds is 3. The minimum atomic E-state index is 0.347. The number of benzene rings is 1. The first-order valence-corrected chi connectivity index (χ1v) is 7.49. The van der Waals surface area contributed by atoms with Crippen LogP contribution >= 0.6 is 34.2 Å². The number of nitrogens with zero attached hydrogens (tertiary/aromatic N) is 2. The van der Waals surface area contributed by atoms with E-state index in [1.807, 2.05) is 31.3 Å². The Bertz CT molecular complexity index is 599. The number of hydrogen-bond acceptors (Lipinski definition) is 3. The Morgan fingerprint density at radius 1 is 1.26 bits per heavy atom. The smallest absolute Gasteiger partial charge is 0.161 e. The Morgan fingerprint density at radius 3 is 2.58 bits per heavy atom. The standard InChI is InChI=1S/C14H15ClIN3/c1-8(2)12-11(16)14(17-3)19-13(18-12)9-5-4-6-10(15)7-9/h4-8H,1-3H3,(H,17,18,19). The lowest BCUT2D eigenvalue weighted by molar-refractivity contribution is 0.809. The van der Waals surface area contributed by atoms with Gasteiger partial charge in [-0.1, -0.05) is 37.6 Å². The molecule has 1 aromatic heterocycles. The normalized spacial score (nSPS) is 10.8. The molecule has 1 N–H and O–H groups in total. The Morgan fingerprint density at radius 2 is 2.00 bits per heavy atom. The van der Waals surface area contributed by atoms with Crippen LogP contribution in [0, 0.1) is 3.57 Å². The summed E-state index contributed by atoms with van der Waals surface area (Å²) in [5.74, 6) is 1.91. The van der Waals surface area contributed by atoms with Crippen molar-refractivity contribution in [1.29, 1.82) is 0 Å². The average molecular weight is 388 g/mol. The minimum absolute atomic E-state index is 0.347. The van der Waals surface area contributed by atoms with Crippen LogP contribution in [0.4, 0.5) is 5.82 Å². The van der Waals surface area contributed by atoms with Crippen LogP contribution in [-0.4, -0.2) is 17.0 Å². The molecule has 5 heteroatoms. The molecular weight excluding hydrogens is 373 g/mol. The first kappa shape index (κ1) is 14.5. The van der Waals surface area contributed by atoms with Crippen molar-refractivity contribution >= 4 is 40.0 Å². The summed E-state index contributed by atoms with van der Waals surface area (Å²) in [6.07, 6.45) is 0. The lowest BCUT2D eigenvalue weighted by Crippen LogP contribution is -2.06. The van der Waals surface area contributed by atoms with Gasteiger partial charge in [0.25, 0.3) is 0 Å². The Labute approximate surface area is 132 Å². The summed E-state index contributed by atoms with van der Waals surface area (Å²) in [4.78, 5) is 9.23. The number of halogens is 2. The molecule has 0 aliphatic rings. The van der Waals surface area contributed by atoms with E-state index in [0.29, 0.717) is 16.8 Å². The Kier molecular flexibility index (Phi) is 4.62. The van der Waals surface area contributed by atoms with Crippen molar-refractivity contribution in [3.05, 3.63) is 38.6 Å². The van der Waals surface area contributed by atoms with Gasteiger partial charge in [0.05, 0.1) is 9.26 Å². The summed E-state index contributed by atoms with van der Waals surface area (Å²) in [6.45, 7) is 4.26. The van der Waals surface area contributed by atoms with E-state index < -0.39 is 0 Å². The van der Waals surface area contributed by atoms with E-state index in [0.717, 1.165) is 20.6 Å². The molecule has 0 fully saturated rings. The highest BCUT2D eigenvalue weighted by Gasteiger charge is 2.15. The molecule has 1 aromatic carbocycles. The van der Waals surface area contributed by atoms with Crippen LogP contribution in [0.15, 0.2) is 24.3 Å². The van der Waals surface area contributed by atoms with E-state index in [1.165, 1.54) is 0 Å². The molecule has 0 spiro atoms. The number of aromatic nitrogens is 2. The molecule has 0 amide bonds. The van der Waals surface area contributed by atoms with Crippen molar-refractivity contribution in [1.82, 2.24) is 9.97 Å². The molecule has 3 nitrogen and oxygen atoms in total. The molecule has 1 heterocycles. The lowest BCUT2D eigenvalue weighted by atomic mass is 10.1. The first-order valence-electron chi connectivity index (χ1n) is 6.04. The van der Waals surface area contributed by atoms with E-state index in [4.69, 9.17) is 11.6 Å². The molecule has 0 unspecified atom stereocenters. The van der Waals surface area contributed by atoms with Gasteiger partial charge < -0.3 is 5.32 Å². The summed E-state index contributed by atoms with van der Waals surface area (Å²) in [6, 6.07) is 7.61. The van der Waals surface area contributed by atoms with Gasteiger partial charge in [0.1, 0.15) is 5.82 Å². The molecule has 0 bridgehead atoms. The van der Waals surface area contributed by atoms with Crippen molar-refractivity contribution in [2.75, 3.05) is 12.4 Å². The monoisotopic (exact) mass is 387 g/mol. The largest absolute Gasteiger partial charge is 0.372 e. The van der Waals surface area contributed by atoms with E-state index in [2.05, 4.69) is 51.7 Å². The van der Waals surface area contributed by atoms with Crippen LogP contribution in [0.3, 0.4) is 0 Å². The quantitative estimate of drug-likeness (QED) is 0.784. The SMILES string of the molecule is CNc1nc(-c2cccc(Cl)c2)nc(C(C)C)c1I. The molecule has 0 radical (unpaired) electrons. The zero-order valence-electron chi connectivity index (χ0n) is 11.0. The van der Waals surface area contributed by atoms with Crippen LogP contribution in [-0.2, 0) is 0 Å². The fourth-order valence-electron chi connectivity index (χ4n) is 1.77. The zero-order chi connectivity index (χ0) is 14.0. The fourth-order valence-corrected chi connectivity index (χ4v) is 3.09. The number of nitrogens with one attached hydrogen (secondary N) is 1. The van der Waals surface area contributed by atoms with Gasteiger partial charge in [0, 0.05) is 17.6 Å².